The fourth-order valence-electron chi connectivity index (χ4n) is 4.85. The van der Waals surface area contributed by atoms with Crippen molar-refractivity contribution in [3.63, 3.8) is 0 Å². The van der Waals surface area contributed by atoms with E-state index in [0.717, 1.165) is 56.1 Å². The molecule has 3 aromatic carbocycles. The largest absolute Gasteiger partial charge is 0.360 e. The number of aryl methyl sites for hydroxylation is 1. The first-order chi connectivity index (χ1) is 16.7. The Morgan fingerprint density at radius 2 is 1.65 bits per heavy atom. The van der Waals surface area contributed by atoms with E-state index in [9.17, 15) is 0 Å². The Bertz CT molecular complexity index is 1720. The van der Waals surface area contributed by atoms with Crippen LogP contribution in [0.25, 0.3) is 39.1 Å². The molecule has 0 saturated heterocycles. The average Bonchev–Trinajstić information content (AvgIpc) is 3.42. The molecule has 0 saturated carbocycles. The molecule has 0 unspecified atom stereocenters. The van der Waals surface area contributed by atoms with Gasteiger partial charge in [-0.05, 0) is 49.4 Å². The van der Waals surface area contributed by atoms with Crippen LogP contribution in [-0.2, 0) is 0 Å². The molecule has 3 aromatic heterocycles. The maximum absolute atomic E-state index is 6.89. The predicted molar refractivity (Wildman–Crippen MR) is 136 cm³/mol. The first kappa shape index (κ1) is 19.3. The van der Waals surface area contributed by atoms with E-state index in [1.165, 1.54) is 0 Å². The molecule has 6 aromatic rings. The summed E-state index contributed by atoms with van der Waals surface area (Å²) in [6, 6.07) is 28.5. The molecule has 7 rings (SSSR count). The van der Waals surface area contributed by atoms with Gasteiger partial charge in [-0.2, -0.15) is 5.10 Å². The second kappa shape index (κ2) is 7.17. The van der Waals surface area contributed by atoms with Gasteiger partial charge in [0.05, 0.1) is 22.4 Å². The first-order valence-electron chi connectivity index (χ1n) is 11.1. The highest BCUT2D eigenvalue weighted by molar-refractivity contribution is 6.30. The van der Waals surface area contributed by atoms with Gasteiger partial charge in [-0.15, -0.1) is 0 Å². The molecule has 0 fully saturated rings. The summed E-state index contributed by atoms with van der Waals surface area (Å²) in [5.74, 6) is 0.911. The summed E-state index contributed by atoms with van der Waals surface area (Å²) in [6.45, 7) is 2.00. The van der Waals surface area contributed by atoms with Crippen molar-refractivity contribution in [1.29, 1.82) is 0 Å². The van der Waals surface area contributed by atoms with Crippen molar-refractivity contribution in [3.05, 3.63) is 101 Å². The summed E-state index contributed by atoms with van der Waals surface area (Å²) < 4.78 is 4.06. The van der Waals surface area contributed by atoms with E-state index in [0.29, 0.717) is 5.15 Å². The van der Waals surface area contributed by atoms with E-state index in [-0.39, 0.29) is 6.17 Å². The smallest absolute Gasteiger partial charge is 0.164 e. The Hall–Kier alpha value is -4.16. The van der Waals surface area contributed by atoms with Crippen LogP contribution < -0.4 is 5.32 Å². The lowest BCUT2D eigenvalue weighted by Crippen LogP contribution is -2.25. The topological polar surface area (TPSA) is 60.6 Å². The third-order valence-corrected chi connectivity index (χ3v) is 6.74. The normalized spacial score (nSPS) is 14.7. The Labute approximate surface area is 200 Å². The predicted octanol–water partition coefficient (Wildman–Crippen LogP) is 6.37. The zero-order valence-corrected chi connectivity index (χ0v) is 19.0. The summed E-state index contributed by atoms with van der Waals surface area (Å²) in [4.78, 5) is 9.80. The van der Waals surface area contributed by atoms with E-state index in [1.807, 2.05) is 72.3 Å². The fraction of sp³-hybridized carbons (Fsp3) is 0.0741. The van der Waals surface area contributed by atoms with E-state index in [1.54, 1.807) is 0 Å². The van der Waals surface area contributed by atoms with Crippen molar-refractivity contribution in [3.8, 4) is 17.1 Å². The Kier molecular flexibility index (Phi) is 4.07. The third-order valence-electron chi connectivity index (χ3n) is 6.43. The molecule has 1 aliphatic heterocycles. The number of nitrogens with one attached hydrogen (secondary N) is 1. The number of anilines is 1. The Balaban J connectivity index is 1.47. The number of imidazole rings is 1. The van der Waals surface area contributed by atoms with E-state index in [2.05, 4.69) is 34.1 Å². The Morgan fingerprint density at radius 3 is 2.53 bits per heavy atom. The number of aromatic nitrogens is 5. The molecule has 4 heterocycles. The molecule has 1 N–H and O–H groups in total. The lowest BCUT2D eigenvalue weighted by Gasteiger charge is -2.30. The van der Waals surface area contributed by atoms with Gasteiger partial charge in [0.25, 0.3) is 0 Å². The maximum atomic E-state index is 6.89. The maximum Gasteiger partial charge on any atom is 0.164 e. The number of pyridine rings is 1. The van der Waals surface area contributed by atoms with Crippen LogP contribution in [0.5, 0.6) is 0 Å². The van der Waals surface area contributed by atoms with E-state index < -0.39 is 0 Å². The number of rotatable bonds is 2. The van der Waals surface area contributed by atoms with Crippen molar-refractivity contribution in [2.75, 3.05) is 5.32 Å². The van der Waals surface area contributed by atoms with Crippen LogP contribution in [0, 0.1) is 6.92 Å². The van der Waals surface area contributed by atoms with Gasteiger partial charge < -0.3 is 5.32 Å². The van der Waals surface area contributed by atoms with Crippen LogP contribution in [-0.4, -0.2) is 24.3 Å². The van der Waals surface area contributed by atoms with Crippen molar-refractivity contribution in [2.45, 2.75) is 13.1 Å². The van der Waals surface area contributed by atoms with Gasteiger partial charge in [0, 0.05) is 22.2 Å². The van der Waals surface area contributed by atoms with Crippen LogP contribution in [0.2, 0.25) is 5.15 Å². The van der Waals surface area contributed by atoms with Gasteiger partial charge in [0.1, 0.15) is 17.1 Å². The Morgan fingerprint density at radius 1 is 0.882 bits per heavy atom. The summed E-state index contributed by atoms with van der Waals surface area (Å²) in [7, 11) is 0. The SMILES string of the molecule is Cc1nn(-c2ccccc2)c2nc(Cl)c([C@H]3Nc4ccccc4-c4nc5ccccc5n43)cc12. The minimum atomic E-state index is -0.263. The molecule has 0 aliphatic carbocycles. The van der Waals surface area contributed by atoms with Crippen molar-refractivity contribution < 1.29 is 0 Å². The van der Waals surface area contributed by atoms with Gasteiger partial charge >= 0.3 is 0 Å². The van der Waals surface area contributed by atoms with Crippen LogP contribution in [0.15, 0.2) is 84.9 Å². The molecule has 34 heavy (non-hydrogen) atoms. The summed E-state index contributed by atoms with van der Waals surface area (Å²) in [5.41, 5.74) is 7.53. The highest BCUT2D eigenvalue weighted by Crippen LogP contribution is 2.42. The zero-order chi connectivity index (χ0) is 22.8. The zero-order valence-electron chi connectivity index (χ0n) is 18.3. The minimum absolute atomic E-state index is 0.263. The van der Waals surface area contributed by atoms with Gasteiger partial charge in [0.2, 0.25) is 0 Å². The second-order valence-corrected chi connectivity index (χ2v) is 8.82. The fourth-order valence-corrected chi connectivity index (χ4v) is 5.08. The summed E-state index contributed by atoms with van der Waals surface area (Å²) in [6.07, 6.45) is -0.263. The number of fused-ring (bicyclic) bond motifs is 6. The highest BCUT2D eigenvalue weighted by Gasteiger charge is 2.30. The molecule has 1 aliphatic rings. The average molecular weight is 463 g/mol. The second-order valence-electron chi connectivity index (χ2n) is 8.46. The molecule has 0 amide bonds. The van der Waals surface area contributed by atoms with Crippen LogP contribution in [0.4, 0.5) is 5.69 Å². The molecular formula is C27H19ClN6. The quantitative estimate of drug-likeness (QED) is 0.304. The number of halogens is 1. The van der Waals surface area contributed by atoms with Crippen molar-refractivity contribution in [1.82, 2.24) is 24.3 Å². The first-order valence-corrected chi connectivity index (χ1v) is 11.5. The molecule has 6 nitrogen and oxygen atoms in total. The lowest BCUT2D eigenvalue weighted by atomic mass is 10.1. The van der Waals surface area contributed by atoms with Crippen molar-refractivity contribution in [2.24, 2.45) is 0 Å². The molecule has 164 valence electrons. The van der Waals surface area contributed by atoms with Gasteiger partial charge in [-0.25, -0.2) is 14.6 Å². The number of hydrogen-bond acceptors (Lipinski definition) is 4. The number of benzene rings is 3. The minimum Gasteiger partial charge on any atom is -0.360 e. The summed E-state index contributed by atoms with van der Waals surface area (Å²) in [5, 5.41) is 9.85. The lowest BCUT2D eigenvalue weighted by molar-refractivity contribution is 0.667. The third kappa shape index (κ3) is 2.72. The number of hydrogen-bond donors (Lipinski definition) is 1. The van der Waals surface area contributed by atoms with Gasteiger partial charge in [0.15, 0.2) is 5.65 Å². The molecule has 0 radical (unpaired) electrons. The van der Waals surface area contributed by atoms with Crippen LogP contribution in [0.3, 0.4) is 0 Å². The van der Waals surface area contributed by atoms with Gasteiger partial charge in [-0.1, -0.05) is 54.1 Å². The monoisotopic (exact) mass is 462 g/mol. The number of nitrogens with zero attached hydrogens (tertiary/aromatic N) is 5. The van der Waals surface area contributed by atoms with Crippen LogP contribution >= 0.6 is 11.6 Å². The van der Waals surface area contributed by atoms with Crippen molar-refractivity contribution >= 4 is 39.4 Å². The molecule has 1 atom stereocenters. The highest BCUT2D eigenvalue weighted by atomic mass is 35.5. The standard InChI is InChI=1S/C27H19ClN6/c1-16-19-15-20(24(28)31-27(19)34(32-16)17-9-3-2-4-10-17)26-29-21-12-6-5-11-18(21)25-30-22-13-7-8-14-23(22)33(25)26/h2-15,26,29H,1H3/t26-/m0/s1. The number of para-hydroxylation sites is 4. The molecule has 7 heteroatoms. The van der Waals surface area contributed by atoms with E-state index in [4.69, 9.17) is 26.7 Å². The molecule has 0 bridgehead atoms. The van der Waals surface area contributed by atoms with E-state index >= 15 is 0 Å². The summed E-state index contributed by atoms with van der Waals surface area (Å²) >= 11 is 6.89. The van der Waals surface area contributed by atoms with Gasteiger partial charge in [-0.3, -0.25) is 4.57 Å². The molecular weight excluding hydrogens is 444 g/mol. The molecule has 0 spiro atoms. The van der Waals surface area contributed by atoms with Crippen LogP contribution in [0.1, 0.15) is 17.4 Å².